The van der Waals surface area contributed by atoms with Crippen molar-refractivity contribution >= 4 is 64.3 Å². The quantitative estimate of drug-likeness (QED) is 0.124. The van der Waals surface area contributed by atoms with Crippen LogP contribution < -0.4 is 4.90 Å². The zero-order valence-corrected chi connectivity index (χ0v) is 29.8. The van der Waals surface area contributed by atoms with Crippen LogP contribution in [0.5, 0.6) is 0 Å². The van der Waals surface area contributed by atoms with Gasteiger partial charge in [-0.1, -0.05) is 152 Å². The van der Waals surface area contributed by atoms with Gasteiger partial charge in [0.1, 0.15) is 0 Å². The predicted octanol–water partition coefficient (Wildman–Crippen LogP) is 13.7. The number of benzene rings is 7. The lowest BCUT2D eigenvalue weighted by molar-refractivity contribution is 0.527. The molecule has 3 unspecified atom stereocenters. The minimum Gasteiger partial charge on any atom is -0.358 e. The maximum Gasteiger partial charge on any atom is 0.0517 e. The van der Waals surface area contributed by atoms with Crippen LogP contribution in [0, 0.1) is 0 Å². The van der Waals surface area contributed by atoms with Crippen LogP contribution in [0.15, 0.2) is 182 Å². The number of anilines is 1. The zero-order chi connectivity index (χ0) is 34.4. The molecule has 0 aliphatic heterocycles. The third-order valence-corrected chi connectivity index (χ3v) is 12.4. The smallest absolute Gasteiger partial charge is 0.0517 e. The lowest BCUT2D eigenvalue weighted by Crippen LogP contribution is -2.43. The molecule has 2 heteroatoms. The predicted molar refractivity (Wildman–Crippen MR) is 226 cm³/mol. The second kappa shape index (κ2) is 13.1. The van der Waals surface area contributed by atoms with Gasteiger partial charge in [-0.2, -0.15) is 0 Å². The second-order valence-corrected chi connectivity index (χ2v) is 15.4. The van der Waals surface area contributed by atoms with E-state index in [2.05, 4.69) is 187 Å². The summed E-state index contributed by atoms with van der Waals surface area (Å²) in [5.41, 5.74) is 7.79. The Labute approximate surface area is 309 Å². The summed E-state index contributed by atoms with van der Waals surface area (Å²) >= 11 is 1.89. The number of hydrogen-bond donors (Lipinski definition) is 0. The third-order valence-electron chi connectivity index (χ3n) is 11.3. The molecule has 0 radical (unpaired) electrons. The van der Waals surface area contributed by atoms with Gasteiger partial charge in [0.15, 0.2) is 0 Å². The van der Waals surface area contributed by atoms with Crippen molar-refractivity contribution in [2.24, 2.45) is 0 Å². The average molecular weight is 686 g/mol. The first-order chi connectivity index (χ1) is 25.8. The van der Waals surface area contributed by atoms with E-state index in [4.69, 9.17) is 0 Å². The molecule has 2 aliphatic carbocycles. The van der Waals surface area contributed by atoms with Crippen molar-refractivity contribution < 1.29 is 0 Å². The Hall–Kier alpha value is -5.70. The van der Waals surface area contributed by atoms with Crippen molar-refractivity contribution in [1.82, 2.24) is 0 Å². The lowest BCUT2D eigenvalue weighted by atomic mass is 9.85. The SMILES string of the molecule is C1=CC(N(c2ccc(-c3ccc4c(ccc5ccc6sc7ccccc7c6c54)c3)cc2)C2C=CC(c3ccccc3)CC2)CC=C1c1ccccc1. The normalized spacial score (nSPS) is 18.7. The van der Waals surface area contributed by atoms with Gasteiger partial charge in [0.05, 0.1) is 6.04 Å². The van der Waals surface area contributed by atoms with Crippen molar-refractivity contribution in [1.29, 1.82) is 0 Å². The monoisotopic (exact) mass is 685 g/mol. The number of hydrogen-bond acceptors (Lipinski definition) is 2. The van der Waals surface area contributed by atoms with Gasteiger partial charge >= 0.3 is 0 Å². The summed E-state index contributed by atoms with van der Waals surface area (Å²) in [6.07, 6.45) is 15.4. The van der Waals surface area contributed by atoms with Crippen LogP contribution in [0.25, 0.3) is 58.4 Å². The second-order valence-electron chi connectivity index (χ2n) is 14.3. The summed E-state index contributed by atoms with van der Waals surface area (Å²) < 4.78 is 2.71. The van der Waals surface area contributed by atoms with Gasteiger partial charge in [-0.15, -0.1) is 11.3 Å². The number of nitrogens with zero attached hydrogens (tertiary/aromatic N) is 1. The molecule has 7 aromatic carbocycles. The maximum atomic E-state index is 2.67. The van der Waals surface area contributed by atoms with Gasteiger partial charge in [0.25, 0.3) is 0 Å². The number of rotatable bonds is 6. The standard InChI is InChI=1S/C50H39NS/c1-3-9-34(10-4-1)36-17-25-42(26-18-36)51(43-27-19-37(20-28-43)35-11-5-2-6-12-35)44-29-21-38(22-30-44)40-23-31-45-41(33-40)16-15-39-24-32-48-50(49(39)45)46-13-7-8-14-47(46)52-48/h1-19,21-25,27,29-33,37,42-43H,20,26,28H2. The molecule has 8 aromatic rings. The van der Waals surface area contributed by atoms with Crippen LogP contribution >= 0.6 is 11.3 Å². The van der Waals surface area contributed by atoms with Crippen LogP contribution in [-0.2, 0) is 0 Å². The Kier molecular flexibility index (Phi) is 7.84. The largest absolute Gasteiger partial charge is 0.358 e. The zero-order valence-electron chi connectivity index (χ0n) is 29.0. The lowest BCUT2D eigenvalue weighted by Gasteiger charge is -2.40. The minimum atomic E-state index is 0.292. The summed E-state index contributed by atoms with van der Waals surface area (Å²) in [6.45, 7) is 0. The highest BCUT2D eigenvalue weighted by atomic mass is 32.1. The highest BCUT2D eigenvalue weighted by Crippen LogP contribution is 2.42. The van der Waals surface area contributed by atoms with Crippen LogP contribution in [0.4, 0.5) is 5.69 Å². The van der Waals surface area contributed by atoms with Crippen molar-refractivity contribution in [3.63, 3.8) is 0 Å². The summed E-state index contributed by atoms with van der Waals surface area (Å²) in [7, 11) is 0. The van der Waals surface area contributed by atoms with E-state index in [1.54, 1.807) is 0 Å². The Morgan fingerprint density at radius 1 is 0.500 bits per heavy atom. The molecule has 0 spiro atoms. The van der Waals surface area contributed by atoms with Crippen LogP contribution in [-0.4, -0.2) is 12.1 Å². The molecular weight excluding hydrogens is 647 g/mol. The van der Waals surface area contributed by atoms with Crippen molar-refractivity contribution in [3.8, 4) is 11.1 Å². The summed E-state index contributed by atoms with van der Waals surface area (Å²) in [5, 5.41) is 8.01. The van der Waals surface area contributed by atoms with Crippen LogP contribution in [0.3, 0.4) is 0 Å². The van der Waals surface area contributed by atoms with E-state index in [1.807, 2.05) is 11.3 Å². The van der Waals surface area contributed by atoms with E-state index in [-0.39, 0.29) is 0 Å². The average Bonchev–Trinajstić information content (AvgIpc) is 3.61. The van der Waals surface area contributed by atoms with E-state index >= 15 is 0 Å². The van der Waals surface area contributed by atoms with E-state index in [1.165, 1.54) is 75.2 Å². The molecule has 10 rings (SSSR count). The highest BCUT2D eigenvalue weighted by Gasteiger charge is 2.28. The molecule has 250 valence electrons. The first-order valence-corrected chi connectivity index (χ1v) is 19.4. The fraction of sp³-hybridized carbons (Fsp3) is 0.120. The first-order valence-electron chi connectivity index (χ1n) is 18.6. The summed E-state index contributed by atoms with van der Waals surface area (Å²) in [5.74, 6) is 0.479. The van der Waals surface area contributed by atoms with Crippen molar-refractivity contribution in [3.05, 3.63) is 193 Å². The van der Waals surface area contributed by atoms with Gasteiger partial charge in [-0.3, -0.25) is 0 Å². The fourth-order valence-electron chi connectivity index (χ4n) is 8.68. The number of thiophene rings is 1. The molecule has 1 aromatic heterocycles. The molecule has 0 N–H and O–H groups in total. The Balaban J connectivity index is 0.988. The van der Waals surface area contributed by atoms with Crippen molar-refractivity contribution in [2.45, 2.75) is 37.3 Å². The molecule has 0 saturated heterocycles. The highest BCUT2D eigenvalue weighted by molar-refractivity contribution is 7.26. The number of fused-ring (bicyclic) bond motifs is 7. The minimum absolute atomic E-state index is 0.292. The third kappa shape index (κ3) is 5.55. The van der Waals surface area contributed by atoms with E-state index < -0.39 is 0 Å². The topological polar surface area (TPSA) is 3.24 Å². The molecule has 0 fully saturated rings. The molecular formula is C50H39NS. The molecule has 2 aliphatic rings. The van der Waals surface area contributed by atoms with Crippen LogP contribution in [0.1, 0.15) is 36.3 Å². The van der Waals surface area contributed by atoms with Gasteiger partial charge in [-0.25, -0.2) is 0 Å². The van der Waals surface area contributed by atoms with E-state index in [0.717, 1.165) is 19.3 Å². The molecule has 1 nitrogen and oxygen atoms in total. The maximum absolute atomic E-state index is 2.67. The first kappa shape index (κ1) is 31.1. The summed E-state index contributed by atoms with van der Waals surface area (Å²) in [4.78, 5) is 2.67. The Morgan fingerprint density at radius 2 is 1.25 bits per heavy atom. The molecule has 0 bridgehead atoms. The van der Waals surface area contributed by atoms with Crippen molar-refractivity contribution in [2.75, 3.05) is 4.90 Å². The molecule has 3 atom stereocenters. The van der Waals surface area contributed by atoms with Crippen LogP contribution in [0.2, 0.25) is 0 Å². The Bertz CT molecular complexity index is 2660. The van der Waals surface area contributed by atoms with Gasteiger partial charge in [-0.05, 0) is 99.0 Å². The Morgan fingerprint density at radius 3 is 2.04 bits per heavy atom. The summed E-state index contributed by atoms with van der Waals surface area (Å²) in [6, 6.07) is 56.7. The molecule has 1 heterocycles. The molecule has 0 amide bonds. The number of allylic oxidation sites excluding steroid dienone is 3. The molecule has 0 saturated carbocycles. The fourth-order valence-corrected chi connectivity index (χ4v) is 9.79. The van der Waals surface area contributed by atoms with E-state index in [0.29, 0.717) is 18.0 Å². The van der Waals surface area contributed by atoms with Gasteiger partial charge in [0.2, 0.25) is 0 Å². The van der Waals surface area contributed by atoms with E-state index in [9.17, 15) is 0 Å². The van der Waals surface area contributed by atoms with Gasteiger partial charge < -0.3 is 4.90 Å². The molecule has 52 heavy (non-hydrogen) atoms. The van der Waals surface area contributed by atoms with Gasteiger partial charge in [0, 0.05) is 37.8 Å².